The van der Waals surface area contributed by atoms with E-state index < -0.39 is 5.54 Å². The zero-order chi connectivity index (χ0) is 11.6. The molecule has 0 unspecified atom stereocenters. The van der Waals surface area contributed by atoms with Crippen LogP contribution in [0.2, 0.25) is 0 Å². The average Bonchev–Trinajstić information content (AvgIpc) is 2.29. The van der Waals surface area contributed by atoms with Crippen LogP contribution in [-0.2, 0) is 9.47 Å². The number of methoxy groups -OCH3 is 1. The van der Waals surface area contributed by atoms with Crippen LogP contribution in [0, 0.1) is 0 Å². The minimum absolute atomic E-state index is 0.321. The number of aliphatic hydroxyl groups is 3. The van der Waals surface area contributed by atoms with Crippen LogP contribution in [-0.4, -0.2) is 74.2 Å². The van der Waals surface area contributed by atoms with Gasteiger partial charge in [0.1, 0.15) is 0 Å². The van der Waals surface area contributed by atoms with E-state index in [9.17, 15) is 0 Å². The summed E-state index contributed by atoms with van der Waals surface area (Å²) < 4.78 is 9.96. The fourth-order valence-electron chi connectivity index (χ4n) is 0.950. The first-order valence-corrected chi connectivity index (χ1v) is 4.89. The number of ether oxygens (including phenoxy) is 2. The molecule has 0 spiro atoms. The van der Waals surface area contributed by atoms with Gasteiger partial charge in [0, 0.05) is 13.7 Å². The zero-order valence-electron chi connectivity index (χ0n) is 9.11. The predicted molar refractivity (Wildman–Crippen MR) is 54.7 cm³/mol. The maximum Gasteiger partial charge on any atom is 0.0882 e. The summed E-state index contributed by atoms with van der Waals surface area (Å²) in [6.07, 6.45) is 0. The van der Waals surface area contributed by atoms with Crippen molar-refractivity contribution in [3.8, 4) is 0 Å². The standard InChI is InChI=1S/C9H21NO5/c1-14-4-5-15-3-2-10-9(6-11,7-12)8-13/h10-13H,2-8H2,1H3. The minimum atomic E-state index is -1.02. The molecule has 6 nitrogen and oxygen atoms in total. The quantitative estimate of drug-likeness (QED) is 0.319. The summed E-state index contributed by atoms with van der Waals surface area (Å²) in [5.74, 6) is 0. The summed E-state index contributed by atoms with van der Waals surface area (Å²) in [6, 6.07) is 0. The number of rotatable bonds is 10. The van der Waals surface area contributed by atoms with Crippen LogP contribution < -0.4 is 5.32 Å². The van der Waals surface area contributed by atoms with Crippen LogP contribution in [0.1, 0.15) is 0 Å². The number of aliphatic hydroxyl groups excluding tert-OH is 3. The van der Waals surface area contributed by atoms with E-state index in [2.05, 4.69) is 5.32 Å². The molecule has 0 aliphatic heterocycles. The molecule has 0 aromatic heterocycles. The van der Waals surface area contributed by atoms with E-state index in [1.807, 2.05) is 0 Å². The Kier molecular flexibility index (Phi) is 8.88. The average molecular weight is 223 g/mol. The second-order valence-corrected chi connectivity index (χ2v) is 3.29. The predicted octanol–water partition coefficient (Wildman–Crippen LogP) is -2.05. The van der Waals surface area contributed by atoms with Gasteiger partial charge in [-0.1, -0.05) is 0 Å². The Labute approximate surface area is 89.8 Å². The van der Waals surface area contributed by atoms with Gasteiger partial charge in [-0.3, -0.25) is 0 Å². The monoisotopic (exact) mass is 223 g/mol. The summed E-state index contributed by atoms with van der Waals surface area (Å²) in [5.41, 5.74) is -1.02. The maximum absolute atomic E-state index is 8.97. The zero-order valence-corrected chi connectivity index (χ0v) is 9.11. The third kappa shape index (κ3) is 6.03. The molecule has 0 bridgehead atoms. The molecule has 6 heteroatoms. The number of hydrogen-bond donors (Lipinski definition) is 4. The second-order valence-electron chi connectivity index (χ2n) is 3.29. The van der Waals surface area contributed by atoms with Gasteiger partial charge in [0.15, 0.2) is 0 Å². The topological polar surface area (TPSA) is 91.2 Å². The molecule has 0 fully saturated rings. The van der Waals surface area contributed by atoms with Crippen molar-refractivity contribution in [2.45, 2.75) is 5.54 Å². The Morgan fingerprint density at radius 1 is 1.00 bits per heavy atom. The van der Waals surface area contributed by atoms with Crippen molar-refractivity contribution in [3.05, 3.63) is 0 Å². The summed E-state index contributed by atoms with van der Waals surface area (Å²) >= 11 is 0. The van der Waals surface area contributed by atoms with Crippen LogP contribution in [0.25, 0.3) is 0 Å². The first-order chi connectivity index (χ1) is 7.24. The molecule has 0 saturated carbocycles. The van der Waals surface area contributed by atoms with E-state index in [0.717, 1.165) is 0 Å². The molecular weight excluding hydrogens is 202 g/mol. The molecule has 92 valence electrons. The maximum atomic E-state index is 8.97. The highest BCUT2D eigenvalue weighted by atomic mass is 16.5. The van der Waals surface area contributed by atoms with Crippen molar-refractivity contribution in [1.29, 1.82) is 0 Å². The molecule has 15 heavy (non-hydrogen) atoms. The molecule has 0 aromatic carbocycles. The molecule has 0 rings (SSSR count). The highest BCUT2D eigenvalue weighted by molar-refractivity contribution is 4.85. The Hall–Kier alpha value is -0.240. The van der Waals surface area contributed by atoms with E-state index in [-0.39, 0.29) is 19.8 Å². The molecular formula is C9H21NO5. The lowest BCUT2D eigenvalue weighted by Crippen LogP contribution is -2.55. The van der Waals surface area contributed by atoms with Crippen molar-refractivity contribution >= 4 is 0 Å². The summed E-state index contributed by atoms with van der Waals surface area (Å²) in [5, 5.41) is 29.8. The van der Waals surface area contributed by atoms with Crippen LogP contribution in [0.5, 0.6) is 0 Å². The first-order valence-electron chi connectivity index (χ1n) is 4.89. The van der Waals surface area contributed by atoms with Crippen LogP contribution >= 0.6 is 0 Å². The van der Waals surface area contributed by atoms with Crippen molar-refractivity contribution in [3.63, 3.8) is 0 Å². The van der Waals surface area contributed by atoms with Gasteiger partial charge in [0.2, 0.25) is 0 Å². The van der Waals surface area contributed by atoms with E-state index in [1.54, 1.807) is 7.11 Å². The molecule has 0 aliphatic rings. The molecule has 0 atom stereocenters. The van der Waals surface area contributed by atoms with Crippen molar-refractivity contribution < 1.29 is 24.8 Å². The van der Waals surface area contributed by atoms with Gasteiger partial charge >= 0.3 is 0 Å². The molecule has 0 amide bonds. The molecule has 0 heterocycles. The highest BCUT2D eigenvalue weighted by Gasteiger charge is 2.26. The fourth-order valence-corrected chi connectivity index (χ4v) is 0.950. The highest BCUT2D eigenvalue weighted by Crippen LogP contribution is 2.00. The van der Waals surface area contributed by atoms with E-state index >= 15 is 0 Å². The van der Waals surface area contributed by atoms with Crippen LogP contribution in [0.3, 0.4) is 0 Å². The normalized spacial score (nSPS) is 12.0. The van der Waals surface area contributed by atoms with Gasteiger partial charge in [0.25, 0.3) is 0 Å². The van der Waals surface area contributed by atoms with Crippen molar-refractivity contribution in [2.75, 3.05) is 53.3 Å². The molecule has 0 aromatic rings. The summed E-state index contributed by atoms with van der Waals surface area (Å²) in [4.78, 5) is 0. The van der Waals surface area contributed by atoms with E-state index in [4.69, 9.17) is 24.8 Å². The Morgan fingerprint density at radius 2 is 1.60 bits per heavy atom. The second kappa shape index (κ2) is 9.02. The van der Waals surface area contributed by atoms with Gasteiger partial charge in [-0.05, 0) is 0 Å². The Morgan fingerprint density at radius 3 is 2.07 bits per heavy atom. The van der Waals surface area contributed by atoms with Crippen LogP contribution in [0.15, 0.2) is 0 Å². The van der Waals surface area contributed by atoms with Crippen molar-refractivity contribution in [2.24, 2.45) is 0 Å². The lowest BCUT2D eigenvalue weighted by atomic mass is 10.0. The van der Waals surface area contributed by atoms with Gasteiger partial charge in [0.05, 0.1) is 45.2 Å². The Bertz CT molecular complexity index is 132. The van der Waals surface area contributed by atoms with Crippen LogP contribution in [0.4, 0.5) is 0 Å². The molecule has 0 saturated heterocycles. The summed E-state index contributed by atoms with van der Waals surface area (Å²) in [7, 11) is 1.59. The lowest BCUT2D eigenvalue weighted by Gasteiger charge is -2.28. The smallest absolute Gasteiger partial charge is 0.0882 e. The fraction of sp³-hybridized carbons (Fsp3) is 1.00. The lowest BCUT2D eigenvalue weighted by molar-refractivity contribution is 0.0290. The van der Waals surface area contributed by atoms with Gasteiger partial charge in [-0.15, -0.1) is 0 Å². The Balaban J connectivity index is 3.54. The third-order valence-electron chi connectivity index (χ3n) is 2.09. The first kappa shape index (κ1) is 14.8. The summed E-state index contributed by atoms with van der Waals surface area (Å²) in [6.45, 7) is 0.957. The van der Waals surface area contributed by atoms with Gasteiger partial charge in [-0.2, -0.15) is 0 Å². The third-order valence-corrected chi connectivity index (χ3v) is 2.09. The minimum Gasteiger partial charge on any atom is -0.394 e. The number of hydrogen-bond acceptors (Lipinski definition) is 6. The molecule has 4 N–H and O–H groups in total. The SMILES string of the molecule is COCCOCCNC(CO)(CO)CO. The number of nitrogens with one attached hydrogen (secondary N) is 1. The van der Waals surface area contributed by atoms with E-state index in [1.165, 1.54) is 0 Å². The van der Waals surface area contributed by atoms with Gasteiger partial charge in [-0.25, -0.2) is 0 Å². The van der Waals surface area contributed by atoms with Gasteiger partial charge < -0.3 is 30.1 Å². The molecule has 0 radical (unpaired) electrons. The largest absolute Gasteiger partial charge is 0.394 e. The molecule has 0 aliphatic carbocycles. The van der Waals surface area contributed by atoms with Crippen molar-refractivity contribution in [1.82, 2.24) is 5.32 Å². The van der Waals surface area contributed by atoms with E-state index in [0.29, 0.717) is 26.4 Å².